The molecule has 1 unspecified atom stereocenters. The van der Waals surface area contributed by atoms with Gasteiger partial charge in [-0.3, -0.25) is 9.69 Å². The van der Waals surface area contributed by atoms with E-state index in [1.807, 2.05) is 17.9 Å². The molecule has 3 rings (SSSR count). The Morgan fingerprint density at radius 2 is 1.76 bits per heavy atom. The van der Waals surface area contributed by atoms with Crippen LogP contribution in [-0.4, -0.2) is 75.2 Å². The first-order valence-electron chi connectivity index (χ1n) is 8.60. The number of ether oxygens (including phenoxy) is 2. The number of carbonyl (C=O) groups excluding carboxylic acids is 1. The van der Waals surface area contributed by atoms with Crippen LogP contribution in [0.1, 0.15) is 22.3 Å². The van der Waals surface area contributed by atoms with Crippen LogP contribution >= 0.6 is 12.4 Å². The number of piperazine rings is 1. The Kier molecular flexibility index (Phi) is 6.93. The van der Waals surface area contributed by atoms with Crippen LogP contribution in [0.25, 0.3) is 0 Å². The smallest absolute Gasteiger partial charge is 0.254 e. The third-order valence-electron chi connectivity index (χ3n) is 5.08. The maximum Gasteiger partial charge on any atom is 0.254 e. The predicted molar refractivity (Wildman–Crippen MR) is 100 cm³/mol. The molecule has 0 spiro atoms. The van der Waals surface area contributed by atoms with Crippen molar-refractivity contribution >= 4 is 18.3 Å². The molecule has 25 heavy (non-hydrogen) atoms. The van der Waals surface area contributed by atoms with Crippen LogP contribution in [0, 0.1) is 6.92 Å². The highest BCUT2D eigenvalue weighted by molar-refractivity contribution is 5.96. The Morgan fingerprint density at radius 3 is 2.40 bits per heavy atom. The van der Waals surface area contributed by atoms with Crippen LogP contribution in [0.5, 0.6) is 11.5 Å². The van der Waals surface area contributed by atoms with E-state index in [9.17, 15) is 4.79 Å². The lowest BCUT2D eigenvalue weighted by Crippen LogP contribution is -2.49. The molecule has 2 aliphatic heterocycles. The van der Waals surface area contributed by atoms with Crippen LogP contribution in [-0.2, 0) is 0 Å². The first-order valence-corrected chi connectivity index (χ1v) is 8.60. The van der Waals surface area contributed by atoms with Crippen LogP contribution in [0.4, 0.5) is 0 Å². The molecule has 2 fully saturated rings. The molecule has 0 bridgehead atoms. The number of hydrogen-bond donors (Lipinski definition) is 1. The first-order chi connectivity index (χ1) is 11.6. The molecule has 140 valence electrons. The molecule has 1 atom stereocenters. The van der Waals surface area contributed by atoms with E-state index in [1.54, 1.807) is 20.3 Å². The van der Waals surface area contributed by atoms with Gasteiger partial charge in [0, 0.05) is 50.9 Å². The normalized spacial score (nSPS) is 20.9. The third-order valence-corrected chi connectivity index (χ3v) is 5.08. The fourth-order valence-corrected chi connectivity index (χ4v) is 3.65. The number of amides is 1. The zero-order valence-corrected chi connectivity index (χ0v) is 16.0. The number of hydrogen-bond acceptors (Lipinski definition) is 5. The number of methoxy groups -OCH3 is 2. The van der Waals surface area contributed by atoms with Gasteiger partial charge in [-0.25, -0.2) is 0 Å². The van der Waals surface area contributed by atoms with E-state index in [4.69, 9.17) is 9.47 Å². The van der Waals surface area contributed by atoms with Crippen molar-refractivity contribution < 1.29 is 14.3 Å². The molecule has 2 saturated heterocycles. The molecule has 1 N–H and O–H groups in total. The summed E-state index contributed by atoms with van der Waals surface area (Å²) in [5.41, 5.74) is 1.62. The predicted octanol–water partition coefficient (Wildman–Crippen LogP) is 1.55. The number of benzene rings is 1. The Balaban J connectivity index is 0.00000225. The van der Waals surface area contributed by atoms with Gasteiger partial charge in [-0.15, -0.1) is 12.4 Å². The fourth-order valence-electron chi connectivity index (χ4n) is 3.65. The number of halogens is 1. The van der Waals surface area contributed by atoms with E-state index < -0.39 is 0 Å². The minimum Gasteiger partial charge on any atom is -0.493 e. The van der Waals surface area contributed by atoms with Gasteiger partial charge in [0.15, 0.2) is 11.5 Å². The summed E-state index contributed by atoms with van der Waals surface area (Å²) in [7, 11) is 3.20. The second-order valence-electron chi connectivity index (χ2n) is 6.50. The summed E-state index contributed by atoms with van der Waals surface area (Å²) in [6, 6.07) is 4.15. The van der Waals surface area contributed by atoms with E-state index in [0.717, 1.165) is 51.3 Å². The van der Waals surface area contributed by atoms with Crippen molar-refractivity contribution in [2.45, 2.75) is 19.4 Å². The first kappa shape index (κ1) is 19.8. The summed E-state index contributed by atoms with van der Waals surface area (Å²) >= 11 is 0. The summed E-state index contributed by atoms with van der Waals surface area (Å²) in [5, 5.41) is 3.38. The second-order valence-corrected chi connectivity index (χ2v) is 6.50. The van der Waals surface area contributed by atoms with Gasteiger partial charge in [-0.2, -0.15) is 0 Å². The maximum absolute atomic E-state index is 13.0. The van der Waals surface area contributed by atoms with Crippen molar-refractivity contribution in [3.05, 3.63) is 23.3 Å². The highest BCUT2D eigenvalue weighted by Gasteiger charge is 2.32. The zero-order valence-electron chi connectivity index (χ0n) is 15.2. The fraction of sp³-hybridized carbons (Fsp3) is 0.611. The molecule has 1 aromatic carbocycles. The van der Waals surface area contributed by atoms with Gasteiger partial charge in [-0.05, 0) is 31.0 Å². The SMILES string of the molecule is COc1cc(C)c(C(=O)N2CCC(N3CCNCC3)C2)cc1OC.Cl. The molecule has 2 heterocycles. The Labute approximate surface area is 155 Å². The molecule has 0 saturated carbocycles. The van der Waals surface area contributed by atoms with Crippen molar-refractivity contribution in [1.82, 2.24) is 15.1 Å². The average Bonchev–Trinajstić information content (AvgIpc) is 3.11. The van der Waals surface area contributed by atoms with Crippen molar-refractivity contribution in [2.75, 3.05) is 53.5 Å². The van der Waals surface area contributed by atoms with Crippen LogP contribution < -0.4 is 14.8 Å². The molecule has 6 nitrogen and oxygen atoms in total. The number of likely N-dealkylation sites (tertiary alicyclic amines) is 1. The van der Waals surface area contributed by atoms with E-state index in [2.05, 4.69) is 10.2 Å². The van der Waals surface area contributed by atoms with E-state index in [0.29, 0.717) is 23.1 Å². The van der Waals surface area contributed by atoms with Crippen LogP contribution in [0.2, 0.25) is 0 Å². The third kappa shape index (κ3) is 4.19. The quantitative estimate of drug-likeness (QED) is 0.872. The zero-order chi connectivity index (χ0) is 17.1. The van der Waals surface area contributed by atoms with Crippen molar-refractivity contribution in [2.24, 2.45) is 0 Å². The van der Waals surface area contributed by atoms with Crippen molar-refractivity contribution in [3.63, 3.8) is 0 Å². The second kappa shape index (κ2) is 8.74. The van der Waals surface area contributed by atoms with E-state index >= 15 is 0 Å². The minimum absolute atomic E-state index is 0. The molecule has 0 aliphatic carbocycles. The van der Waals surface area contributed by atoms with Gasteiger partial charge in [0.05, 0.1) is 14.2 Å². The Morgan fingerprint density at radius 1 is 1.12 bits per heavy atom. The maximum atomic E-state index is 13.0. The molecule has 1 aromatic rings. The number of carbonyl (C=O) groups is 1. The van der Waals surface area contributed by atoms with Crippen molar-refractivity contribution in [3.8, 4) is 11.5 Å². The lowest BCUT2D eigenvalue weighted by Gasteiger charge is -2.32. The van der Waals surface area contributed by atoms with Gasteiger partial charge >= 0.3 is 0 Å². The van der Waals surface area contributed by atoms with Gasteiger partial charge < -0.3 is 19.7 Å². The monoisotopic (exact) mass is 369 g/mol. The molecular weight excluding hydrogens is 342 g/mol. The van der Waals surface area contributed by atoms with E-state index in [1.165, 1.54) is 0 Å². The Bertz CT molecular complexity index is 605. The summed E-state index contributed by atoms with van der Waals surface area (Å²) in [6.07, 6.45) is 1.05. The van der Waals surface area contributed by atoms with Gasteiger partial charge in [0.1, 0.15) is 0 Å². The highest BCUT2D eigenvalue weighted by Crippen LogP contribution is 2.31. The molecule has 0 aromatic heterocycles. The Hall–Kier alpha value is -1.50. The topological polar surface area (TPSA) is 54.0 Å². The summed E-state index contributed by atoms with van der Waals surface area (Å²) in [4.78, 5) is 17.4. The van der Waals surface area contributed by atoms with Crippen LogP contribution in [0.15, 0.2) is 12.1 Å². The summed E-state index contributed by atoms with van der Waals surface area (Å²) in [6.45, 7) is 7.80. The van der Waals surface area contributed by atoms with Crippen LogP contribution in [0.3, 0.4) is 0 Å². The lowest BCUT2D eigenvalue weighted by atomic mass is 10.1. The molecule has 0 radical (unpaired) electrons. The number of nitrogens with zero attached hydrogens (tertiary/aromatic N) is 2. The number of aryl methyl sites for hydroxylation is 1. The van der Waals surface area contributed by atoms with E-state index in [-0.39, 0.29) is 18.3 Å². The van der Waals surface area contributed by atoms with Gasteiger partial charge in [0.2, 0.25) is 0 Å². The highest BCUT2D eigenvalue weighted by atomic mass is 35.5. The van der Waals surface area contributed by atoms with Gasteiger partial charge in [-0.1, -0.05) is 0 Å². The van der Waals surface area contributed by atoms with Crippen molar-refractivity contribution in [1.29, 1.82) is 0 Å². The number of nitrogens with one attached hydrogen (secondary N) is 1. The molecule has 1 amide bonds. The molecule has 2 aliphatic rings. The largest absolute Gasteiger partial charge is 0.493 e. The average molecular weight is 370 g/mol. The summed E-state index contributed by atoms with van der Waals surface area (Å²) < 4.78 is 10.7. The minimum atomic E-state index is 0. The standard InChI is InChI=1S/C18H27N3O3.ClH/c1-13-10-16(23-2)17(24-3)11-15(13)18(22)21-7-4-14(12-21)20-8-5-19-6-9-20;/h10-11,14,19H,4-9,12H2,1-3H3;1H. The lowest BCUT2D eigenvalue weighted by molar-refractivity contribution is 0.0772. The number of rotatable bonds is 4. The van der Waals surface area contributed by atoms with Gasteiger partial charge in [0.25, 0.3) is 5.91 Å². The summed E-state index contributed by atoms with van der Waals surface area (Å²) in [5.74, 6) is 1.35. The molecule has 7 heteroatoms. The molecular formula is C18H28ClN3O3.